The van der Waals surface area contributed by atoms with Crippen molar-refractivity contribution in [1.29, 1.82) is 0 Å². The van der Waals surface area contributed by atoms with Gasteiger partial charge in [0.1, 0.15) is 5.75 Å². The minimum atomic E-state index is -3.61. The number of carbonyl (C=O) groups is 1. The molecule has 2 aromatic rings. The number of methoxy groups -OCH3 is 1. The average Bonchev–Trinajstić information content (AvgIpc) is 2.78. The highest BCUT2D eigenvalue weighted by Gasteiger charge is 2.27. The Kier molecular flexibility index (Phi) is 7.69. The van der Waals surface area contributed by atoms with E-state index < -0.39 is 10.0 Å². The van der Waals surface area contributed by atoms with E-state index in [0.717, 1.165) is 11.1 Å². The second-order valence-electron chi connectivity index (χ2n) is 7.64. The lowest BCUT2D eigenvalue weighted by Gasteiger charge is -2.26. The van der Waals surface area contributed by atoms with Gasteiger partial charge < -0.3 is 14.8 Å². The molecule has 8 heteroatoms. The van der Waals surface area contributed by atoms with Crippen LogP contribution in [-0.4, -0.2) is 52.0 Å². The molecule has 1 atom stereocenters. The number of benzene rings is 2. The number of sulfonamides is 1. The van der Waals surface area contributed by atoms with Gasteiger partial charge in [-0.05, 0) is 55.2 Å². The first-order chi connectivity index (χ1) is 14.8. The third kappa shape index (κ3) is 5.64. The maximum atomic E-state index is 13.0. The molecule has 3 rings (SSSR count). The van der Waals surface area contributed by atoms with E-state index in [1.54, 1.807) is 18.2 Å². The first kappa shape index (κ1) is 23.2. The van der Waals surface area contributed by atoms with Crippen LogP contribution in [0.25, 0.3) is 0 Å². The molecule has 0 aromatic heterocycles. The first-order valence-corrected chi connectivity index (χ1v) is 11.9. The molecule has 168 valence electrons. The lowest BCUT2D eigenvalue weighted by Crippen LogP contribution is -2.40. The summed E-state index contributed by atoms with van der Waals surface area (Å²) in [5.41, 5.74) is 2.89. The Morgan fingerprint density at radius 2 is 1.90 bits per heavy atom. The fourth-order valence-corrected chi connectivity index (χ4v) is 5.22. The number of nitrogens with zero attached hydrogens (tertiary/aromatic N) is 1. The smallest absolute Gasteiger partial charge is 0.243 e. The Balaban J connectivity index is 1.69. The summed E-state index contributed by atoms with van der Waals surface area (Å²) in [6, 6.07) is 12.6. The highest BCUT2D eigenvalue weighted by molar-refractivity contribution is 7.89. The number of ether oxygens (including phenoxy) is 2. The van der Waals surface area contributed by atoms with Crippen molar-refractivity contribution in [2.75, 3.05) is 33.4 Å². The molecule has 0 saturated carbocycles. The number of nitrogens with one attached hydrogen (secondary N) is 1. The first-order valence-electron chi connectivity index (χ1n) is 10.4. The molecule has 1 amide bonds. The zero-order valence-electron chi connectivity index (χ0n) is 18.3. The molecule has 1 fully saturated rings. The topological polar surface area (TPSA) is 84.9 Å². The Labute approximate surface area is 184 Å². The summed E-state index contributed by atoms with van der Waals surface area (Å²) in [7, 11) is -2.07. The summed E-state index contributed by atoms with van der Waals surface area (Å²) in [4.78, 5) is 12.8. The maximum Gasteiger partial charge on any atom is 0.243 e. The molecule has 7 nitrogen and oxygen atoms in total. The summed E-state index contributed by atoms with van der Waals surface area (Å²) in [5, 5.41) is 3.02. The van der Waals surface area contributed by atoms with E-state index in [4.69, 9.17) is 9.47 Å². The summed E-state index contributed by atoms with van der Waals surface area (Å²) in [6.45, 7) is 5.42. The van der Waals surface area contributed by atoms with E-state index in [1.807, 2.05) is 38.1 Å². The van der Waals surface area contributed by atoms with Gasteiger partial charge in [-0.25, -0.2) is 8.42 Å². The van der Waals surface area contributed by atoms with Crippen molar-refractivity contribution in [3.63, 3.8) is 0 Å². The van der Waals surface area contributed by atoms with Crippen LogP contribution in [0.4, 0.5) is 0 Å². The Bertz CT molecular complexity index is 1020. The van der Waals surface area contributed by atoms with E-state index in [9.17, 15) is 13.2 Å². The number of morpholine rings is 1. The second-order valence-corrected chi connectivity index (χ2v) is 9.57. The lowest BCUT2D eigenvalue weighted by molar-refractivity contribution is -0.121. The molecule has 0 spiro atoms. The number of carbonyl (C=O) groups excluding carboxylic acids is 1. The van der Waals surface area contributed by atoms with Crippen LogP contribution in [0.1, 0.15) is 36.1 Å². The second kappa shape index (κ2) is 10.3. The number of amides is 1. The minimum Gasteiger partial charge on any atom is -0.496 e. The molecule has 1 heterocycles. The van der Waals surface area contributed by atoms with Crippen molar-refractivity contribution in [3.05, 3.63) is 59.2 Å². The molecule has 1 N–H and O–H groups in total. The summed E-state index contributed by atoms with van der Waals surface area (Å²) >= 11 is 0. The van der Waals surface area contributed by atoms with Crippen LogP contribution in [-0.2, 0) is 26.0 Å². The van der Waals surface area contributed by atoms with Crippen molar-refractivity contribution in [2.24, 2.45) is 0 Å². The fourth-order valence-electron chi connectivity index (χ4n) is 3.76. The van der Waals surface area contributed by atoms with Crippen LogP contribution in [0.3, 0.4) is 0 Å². The van der Waals surface area contributed by atoms with Gasteiger partial charge in [0.05, 0.1) is 31.3 Å². The SMILES string of the molecule is COc1ccc(S(=O)(=O)N2CCOCC2)cc1CCC(=O)NC(C)c1ccccc1C. The van der Waals surface area contributed by atoms with Crippen molar-refractivity contribution in [3.8, 4) is 5.75 Å². The molecular weight excluding hydrogens is 416 g/mol. The van der Waals surface area contributed by atoms with Gasteiger partial charge in [0, 0.05) is 19.5 Å². The number of rotatable bonds is 8. The van der Waals surface area contributed by atoms with Crippen LogP contribution in [0, 0.1) is 6.92 Å². The molecule has 31 heavy (non-hydrogen) atoms. The zero-order valence-corrected chi connectivity index (χ0v) is 19.1. The fraction of sp³-hybridized carbons (Fsp3) is 0.435. The molecule has 0 aliphatic carbocycles. The third-order valence-electron chi connectivity index (χ3n) is 5.51. The van der Waals surface area contributed by atoms with Crippen LogP contribution >= 0.6 is 0 Å². The van der Waals surface area contributed by atoms with E-state index in [1.165, 1.54) is 11.4 Å². The molecule has 1 aliphatic heterocycles. The van der Waals surface area contributed by atoms with Crippen molar-refractivity contribution in [1.82, 2.24) is 9.62 Å². The zero-order chi connectivity index (χ0) is 22.4. The summed E-state index contributed by atoms with van der Waals surface area (Å²) in [5.74, 6) is 0.472. The van der Waals surface area contributed by atoms with Crippen LogP contribution in [0.5, 0.6) is 5.75 Å². The molecule has 0 radical (unpaired) electrons. The predicted molar refractivity (Wildman–Crippen MR) is 119 cm³/mol. The van der Waals surface area contributed by atoms with Gasteiger partial charge in [0.2, 0.25) is 15.9 Å². The van der Waals surface area contributed by atoms with E-state index >= 15 is 0 Å². The van der Waals surface area contributed by atoms with Gasteiger partial charge in [-0.2, -0.15) is 4.31 Å². The van der Waals surface area contributed by atoms with E-state index in [0.29, 0.717) is 44.0 Å². The Morgan fingerprint density at radius 1 is 1.19 bits per heavy atom. The summed E-state index contributed by atoms with van der Waals surface area (Å²) < 4.78 is 38.0. The van der Waals surface area contributed by atoms with Crippen molar-refractivity contribution in [2.45, 2.75) is 37.6 Å². The highest BCUT2D eigenvalue weighted by atomic mass is 32.2. The Morgan fingerprint density at radius 3 is 2.58 bits per heavy atom. The van der Waals surface area contributed by atoms with Crippen molar-refractivity contribution < 1.29 is 22.7 Å². The summed E-state index contributed by atoms with van der Waals surface area (Å²) in [6.07, 6.45) is 0.607. The molecule has 1 unspecified atom stereocenters. The van der Waals surface area contributed by atoms with Crippen LogP contribution < -0.4 is 10.1 Å². The molecule has 0 bridgehead atoms. The largest absolute Gasteiger partial charge is 0.496 e. The minimum absolute atomic E-state index is 0.0979. The van der Waals surface area contributed by atoms with Gasteiger partial charge in [-0.1, -0.05) is 24.3 Å². The number of hydrogen-bond acceptors (Lipinski definition) is 5. The standard InChI is InChI=1S/C23H30N2O5S/c1-17-6-4-5-7-21(17)18(2)24-23(26)11-8-19-16-20(9-10-22(19)29-3)31(27,28)25-12-14-30-15-13-25/h4-7,9-10,16,18H,8,11-15H2,1-3H3,(H,24,26). The molecular formula is C23H30N2O5S. The third-order valence-corrected chi connectivity index (χ3v) is 7.41. The van der Waals surface area contributed by atoms with E-state index in [-0.39, 0.29) is 23.3 Å². The van der Waals surface area contributed by atoms with Crippen LogP contribution in [0.2, 0.25) is 0 Å². The van der Waals surface area contributed by atoms with Gasteiger partial charge in [0.15, 0.2) is 0 Å². The van der Waals surface area contributed by atoms with E-state index in [2.05, 4.69) is 5.32 Å². The average molecular weight is 447 g/mol. The highest BCUT2D eigenvalue weighted by Crippen LogP contribution is 2.26. The number of aryl methyl sites for hydroxylation is 2. The normalized spacial score (nSPS) is 16.0. The molecule has 1 saturated heterocycles. The lowest BCUT2D eigenvalue weighted by atomic mass is 10.0. The monoisotopic (exact) mass is 446 g/mol. The quantitative estimate of drug-likeness (QED) is 0.674. The maximum absolute atomic E-state index is 13.0. The molecule has 2 aromatic carbocycles. The van der Waals surface area contributed by atoms with Gasteiger partial charge in [-0.3, -0.25) is 4.79 Å². The van der Waals surface area contributed by atoms with Crippen molar-refractivity contribution >= 4 is 15.9 Å². The predicted octanol–water partition coefficient (Wildman–Crippen LogP) is 2.83. The number of hydrogen-bond donors (Lipinski definition) is 1. The van der Waals surface area contributed by atoms with Gasteiger partial charge >= 0.3 is 0 Å². The molecule has 1 aliphatic rings. The van der Waals surface area contributed by atoms with Crippen LogP contribution in [0.15, 0.2) is 47.4 Å². The Hall–Kier alpha value is -2.42. The van der Waals surface area contributed by atoms with Gasteiger partial charge in [-0.15, -0.1) is 0 Å². The van der Waals surface area contributed by atoms with Gasteiger partial charge in [0.25, 0.3) is 0 Å².